The molecule has 0 spiro atoms. The van der Waals surface area contributed by atoms with Crippen molar-refractivity contribution in [1.82, 2.24) is 25.1 Å². The summed E-state index contributed by atoms with van der Waals surface area (Å²) in [6.45, 7) is 7.71. The van der Waals surface area contributed by atoms with E-state index in [0.29, 0.717) is 28.6 Å². The number of amides is 1. The van der Waals surface area contributed by atoms with Gasteiger partial charge in [-0.3, -0.25) is 4.79 Å². The van der Waals surface area contributed by atoms with E-state index in [1.54, 1.807) is 12.3 Å². The first kappa shape index (κ1) is 23.6. The van der Waals surface area contributed by atoms with Gasteiger partial charge in [0.25, 0.3) is 5.91 Å². The third-order valence-electron chi connectivity index (χ3n) is 5.98. The Labute approximate surface area is 207 Å². The van der Waals surface area contributed by atoms with Crippen molar-refractivity contribution in [1.29, 1.82) is 0 Å². The van der Waals surface area contributed by atoms with E-state index in [2.05, 4.69) is 40.6 Å². The van der Waals surface area contributed by atoms with Gasteiger partial charge in [0.05, 0.1) is 11.9 Å². The van der Waals surface area contributed by atoms with Gasteiger partial charge in [-0.2, -0.15) is 0 Å². The van der Waals surface area contributed by atoms with Crippen LogP contribution in [-0.4, -0.2) is 44.1 Å². The predicted molar refractivity (Wildman–Crippen MR) is 134 cm³/mol. The van der Waals surface area contributed by atoms with Crippen molar-refractivity contribution in [2.24, 2.45) is 0 Å². The van der Waals surface area contributed by atoms with Crippen LogP contribution >= 0.6 is 0 Å². The van der Waals surface area contributed by atoms with Gasteiger partial charge in [0.2, 0.25) is 5.95 Å². The van der Waals surface area contributed by atoms with Crippen LogP contribution in [0.3, 0.4) is 0 Å². The second-order valence-corrected chi connectivity index (χ2v) is 9.77. The molecule has 11 heteroatoms. The number of hydrogen-bond donors (Lipinski definition) is 2. The van der Waals surface area contributed by atoms with Crippen LogP contribution in [-0.2, 0) is 5.41 Å². The number of aromatic nitrogens is 5. The van der Waals surface area contributed by atoms with E-state index in [9.17, 15) is 9.18 Å². The van der Waals surface area contributed by atoms with Crippen LogP contribution in [0, 0.1) is 5.82 Å². The van der Waals surface area contributed by atoms with E-state index in [4.69, 9.17) is 4.52 Å². The van der Waals surface area contributed by atoms with Crippen molar-refractivity contribution < 1.29 is 13.7 Å². The number of rotatable bonds is 5. The fraction of sp³-hybridized carbons (Fsp3) is 0.360. The lowest BCUT2D eigenvalue weighted by atomic mass is 9.93. The van der Waals surface area contributed by atoms with Gasteiger partial charge in [-0.1, -0.05) is 25.9 Å². The summed E-state index contributed by atoms with van der Waals surface area (Å²) in [4.78, 5) is 32.6. The van der Waals surface area contributed by atoms with Gasteiger partial charge in [-0.05, 0) is 37.5 Å². The van der Waals surface area contributed by atoms with Crippen LogP contribution < -0.4 is 15.5 Å². The molecule has 0 bridgehead atoms. The maximum absolute atomic E-state index is 14.7. The molecule has 1 amide bonds. The Bertz CT molecular complexity index is 1410. The van der Waals surface area contributed by atoms with Gasteiger partial charge in [-0.25, -0.2) is 24.3 Å². The summed E-state index contributed by atoms with van der Waals surface area (Å²) in [7, 11) is 0. The SMILES string of the molecule is CC(C)(C)c1cc(NC(=O)c2ccc(F)c(Nc3ncnc4cnc(N5CCCCC5)nc34)c2)no1. The molecule has 0 saturated carbocycles. The fourth-order valence-electron chi connectivity index (χ4n) is 3.95. The smallest absolute Gasteiger partial charge is 0.256 e. The Kier molecular flexibility index (Phi) is 6.21. The number of carbonyl (C=O) groups excluding carboxylic acids is 1. The van der Waals surface area contributed by atoms with Gasteiger partial charge in [-0.15, -0.1) is 0 Å². The first-order chi connectivity index (χ1) is 17.3. The number of nitrogens with zero attached hydrogens (tertiary/aromatic N) is 6. The number of benzene rings is 1. The number of halogens is 1. The molecule has 1 fully saturated rings. The third kappa shape index (κ3) is 4.95. The Balaban J connectivity index is 1.40. The van der Waals surface area contributed by atoms with Crippen molar-refractivity contribution >= 4 is 40.2 Å². The number of nitrogens with one attached hydrogen (secondary N) is 2. The van der Waals surface area contributed by atoms with E-state index < -0.39 is 11.7 Å². The number of hydrogen-bond acceptors (Lipinski definition) is 9. The number of carbonyl (C=O) groups is 1. The summed E-state index contributed by atoms with van der Waals surface area (Å²) in [6, 6.07) is 5.71. The molecule has 4 aromatic rings. The molecule has 0 aliphatic carbocycles. The second kappa shape index (κ2) is 9.48. The number of fused-ring (bicyclic) bond motifs is 1. The summed E-state index contributed by atoms with van der Waals surface area (Å²) in [5.41, 5.74) is 1.07. The Hall–Kier alpha value is -4.15. The van der Waals surface area contributed by atoms with Gasteiger partial charge in [0.1, 0.15) is 28.9 Å². The Morgan fingerprint density at radius 1 is 1.08 bits per heavy atom. The van der Waals surface area contributed by atoms with Crippen molar-refractivity contribution in [3.05, 3.63) is 53.9 Å². The molecular formula is C25H27FN8O2. The van der Waals surface area contributed by atoms with E-state index in [1.165, 1.54) is 30.9 Å². The summed E-state index contributed by atoms with van der Waals surface area (Å²) >= 11 is 0. The van der Waals surface area contributed by atoms with E-state index >= 15 is 0 Å². The minimum atomic E-state index is -0.542. The van der Waals surface area contributed by atoms with Gasteiger partial charge in [0.15, 0.2) is 11.6 Å². The highest BCUT2D eigenvalue weighted by atomic mass is 19.1. The largest absolute Gasteiger partial charge is 0.359 e. The molecule has 3 aromatic heterocycles. The van der Waals surface area contributed by atoms with Crippen molar-refractivity contribution in [2.45, 2.75) is 45.4 Å². The molecule has 1 aliphatic rings. The molecule has 186 valence electrons. The monoisotopic (exact) mass is 490 g/mol. The molecule has 0 unspecified atom stereocenters. The van der Waals surface area contributed by atoms with E-state index in [1.807, 2.05) is 20.8 Å². The van der Waals surface area contributed by atoms with Gasteiger partial charge < -0.3 is 20.1 Å². The zero-order valence-corrected chi connectivity index (χ0v) is 20.4. The zero-order valence-electron chi connectivity index (χ0n) is 20.4. The van der Waals surface area contributed by atoms with Crippen LogP contribution in [0.2, 0.25) is 0 Å². The van der Waals surface area contributed by atoms with Crippen LogP contribution in [0.15, 0.2) is 41.3 Å². The van der Waals surface area contributed by atoms with Crippen LogP contribution in [0.1, 0.15) is 56.2 Å². The van der Waals surface area contributed by atoms with Crippen molar-refractivity contribution in [3.8, 4) is 0 Å². The molecule has 1 saturated heterocycles. The molecular weight excluding hydrogens is 463 g/mol. The summed E-state index contributed by atoms with van der Waals surface area (Å²) in [5.74, 6) is 0.849. The Morgan fingerprint density at radius 2 is 1.89 bits per heavy atom. The molecule has 2 N–H and O–H groups in total. The lowest BCUT2D eigenvalue weighted by Gasteiger charge is -2.26. The minimum Gasteiger partial charge on any atom is -0.359 e. The highest BCUT2D eigenvalue weighted by Gasteiger charge is 2.21. The van der Waals surface area contributed by atoms with Crippen LogP contribution in [0.5, 0.6) is 0 Å². The average molecular weight is 491 g/mol. The topological polar surface area (TPSA) is 122 Å². The fourth-order valence-corrected chi connectivity index (χ4v) is 3.95. The standard InChI is InChI=1S/C25H27FN8O2/c1-25(2,3)19-12-20(33-36-19)31-23(35)15-7-8-16(26)17(11-15)30-22-21-18(28-14-29-22)13-27-24(32-21)34-9-5-4-6-10-34/h7-8,11-14H,4-6,9-10H2,1-3H3,(H,28,29,30)(H,31,33,35). The summed E-state index contributed by atoms with van der Waals surface area (Å²) in [6.07, 6.45) is 6.37. The molecule has 0 atom stereocenters. The van der Waals surface area contributed by atoms with Crippen molar-refractivity contribution in [2.75, 3.05) is 28.6 Å². The molecule has 10 nitrogen and oxygen atoms in total. The van der Waals surface area contributed by atoms with E-state index in [0.717, 1.165) is 25.9 Å². The van der Waals surface area contributed by atoms with Crippen molar-refractivity contribution in [3.63, 3.8) is 0 Å². The average Bonchev–Trinajstić information content (AvgIpc) is 3.35. The number of piperidine rings is 1. The molecule has 36 heavy (non-hydrogen) atoms. The highest BCUT2D eigenvalue weighted by molar-refractivity contribution is 6.04. The zero-order chi connectivity index (χ0) is 25.3. The quantitative estimate of drug-likeness (QED) is 0.405. The van der Waals surface area contributed by atoms with Gasteiger partial charge >= 0.3 is 0 Å². The normalized spacial score (nSPS) is 14.2. The molecule has 4 heterocycles. The minimum absolute atomic E-state index is 0.0799. The first-order valence-corrected chi connectivity index (χ1v) is 11.9. The molecule has 1 aromatic carbocycles. The predicted octanol–water partition coefficient (Wildman–Crippen LogP) is 4.83. The first-order valence-electron chi connectivity index (χ1n) is 11.9. The Morgan fingerprint density at radius 3 is 2.64 bits per heavy atom. The maximum Gasteiger partial charge on any atom is 0.256 e. The van der Waals surface area contributed by atoms with Crippen LogP contribution in [0.4, 0.5) is 27.7 Å². The van der Waals surface area contributed by atoms with Crippen LogP contribution in [0.25, 0.3) is 11.0 Å². The lowest BCUT2D eigenvalue weighted by Crippen LogP contribution is -2.31. The highest BCUT2D eigenvalue weighted by Crippen LogP contribution is 2.27. The summed E-state index contributed by atoms with van der Waals surface area (Å²) < 4.78 is 20.1. The molecule has 0 radical (unpaired) electrons. The second-order valence-electron chi connectivity index (χ2n) is 9.77. The van der Waals surface area contributed by atoms with E-state index in [-0.39, 0.29) is 22.5 Å². The summed E-state index contributed by atoms with van der Waals surface area (Å²) in [5, 5.41) is 9.57. The van der Waals surface area contributed by atoms with Gasteiger partial charge in [0, 0.05) is 30.1 Å². The third-order valence-corrected chi connectivity index (χ3v) is 5.98. The maximum atomic E-state index is 14.7. The lowest BCUT2D eigenvalue weighted by molar-refractivity contribution is 0.102. The molecule has 1 aliphatic heterocycles. The molecule has 5 rings (SSSR count). The number of anilines is 4.